The van der Waals surface area contributed by atoms with Gasteiger partial charge in [-0.15, -0.1) is 0 Å². The van der Waals surface area contributed by atoms with Crippen molar-refractivity contribution in [3.05, 3.63) is 96.3 Å². The Balaban J connectivity index is 1.37. The highest BCUT2D eigenvalue weighted by molar-refractivity contribution is 6.03. The number of nitrogens with one attached hydrogen (secondary N) is 1. The molecule has 0 unspecified atom stereocenters. The maximum Gasteiger partial charge on any atom is 0.321 e. The number of rotatable bonds is 6. The molecule has 2 aromatic heterocycles. The van der Waals surface area contributed by atoms with Gasteiger partial charge < -0.3 is 14.6 Å². The summed E-state index contributed by atoms with van der Waals surface area (Å²) in [6, 6.07) is 17.1. The molecule has 29 heavy (non-hydrogen) atoms. The summed E-state index contributed by atoms with van der Waals surface area (Å²) in [5.41, 5.74) is 2.16. The Morgan fingerprint density at radius 3 is 2.38 bits per heavy atom. The number of ether oxygens (including phenoxy) is 1. The van der Waals surface area contributed by atoms with Crippen molar-refractivity contribution >= 4 is 11.6 Å². The van der Waals surface area contributed by atoms with Crippen LogP contribution in [0.5, 0.6) is 11.8 Å². The zero-order valence-electron chi connectivity index (χ0n) is 15.8. The van der Waals surface area contributed by atoms with Crippen molar-refractivity contribution < 1.29 is 9.53 Å². The van der Waals surface area contributed by atoms with Crippen LogP contribution in [-0.2, 0) is 13.5 Å². The molecular formula is C22H19N5O2. The summed E-state index contributed by atoms with van der Waals surface area (Å²) >= 11 is 0. The van der Waals surface area contributed by atoms with E-state index >= 15 is 0 Å². The molecule has 0 spiro atoms. The summed E-state index contributed by atoms with van der Waals surface area (Å²) in [6.07, 6.45) is 7.31. The zero-order valence-corrected chi connectivity index (χ0v) is 15.8. The third-order valence-electron chi connectivity index (χ3n) is 4.34. The van der Waals surface area contributed by atoms with Crippen molar-refractivity contribution in [3.8, 4) is 11.8 Å². The number of imidazole rings is 1. The van der Waals surface area contributed by atoms with Crippen LogP contribution < -0.4 is 10.1 Å². The van der Waals surface area contributed by atoms with E-state index in [4.69, 9.17) is 4.74 Å². The molecular weight excluding hydrogens is 366 g/mol. The zero-order chi connectivity index (χ0) is 20.1. The normalized spacial score (nSPS) is 10.5. The smallest absolute Gasteiger partial charge is 0.321 e. The van der Waals surface area contributed by atoms with Crippen molar-refractivity contribution in [1.29, 1.82) is 0 Å². The Morgan fingerprint density at radius 2 is 1.72 bits per heavy atom. The molecule has 1 amide bonds. The van der Waals surface area contributed by atoms with E-state index in [1.807, 2.05) is 72.4 Å². The van der Waals surface area contributed by atoms with Gasteiger partial charge in [-0.2, -0.15) is 0 Å². The van der Waals surface area contributed by atoms with Crippen LogP contribution in [0.1, 0.15) is 21.7 Å². The van der Waals surface area contributed by atoms with E-state index in [1.165, 1.54) is 12.4 Å². The van der Waals surface area contributed by atoms with E-state index in [0.29, 0.717) is 17.0 Å². The molecule has 0 aliphatic rings. The molecule has 2 aromatic carbocycles. The number of para-hydroxylation sites is 1. The van der Waals surface area contributed by atoms with Crippen LogP contribution in [-0.4, -0.2) is 25.4 Å². The van der Waals surface area contributed by atoms with Gasteiger partial charge in [-0.25, -0.2) is 15.0 Å². The average Bonchev–Trinajstić information content (AvgIpc) is 3.15. The van der Waals surface area contributed by atoms with E-state index in [9.17, 15) is 4.79 Å². The van der Waals surface area contributed by atoms with Gasteiger partial charge in [0.15, 0.2) is 0 Å². The van der Waals surface area contributed by atoms with Gasteiger partial charge >= 0.3 is 6.01 Å². The Morgan fingerprint density at radius 1 is 1.00 bits per heavy atom. The van der Waals surface area contributed by atoms with Crippen molar-refractivity contribution in [2.75, 3.05) is 5.32 Å². The number of hydrogen-bond donors (Lipinski definition) is 1. The van der Waals surface area contributed by atoms with Gasteiger partial charge in [0.05, 0.1) is 5.56 Å². The summed E-state index contributed by atoms with van der Waals surface area (Å²) in [5, 5.41) is 2.84. The van der Waals surface area contributed by atoms with E-state index in [0.717, 1.165) is 17.8 Å². The minimum atomic E-state index is -0.284. The molecule has 4 aromatic rings. The number of hydrogen-bond acceptors (Lipinski definition) is 5. The third-order valence-corrected chi connectivity index (χ3v) is 4.34. The second kappa shape index (κ2) is 8.35. The Hall–Kier alpha value is -4.00. The number of aromatic nitrogens is 4. The molecule has 4 rings (SSSR count). The van der Waals surface area contributed by atoms with Gasteiger partial charge in [0.1, 0.15) is 11.6 Å². The molecule has 0 saturated heterocycles. The number of aryl methyl sites for hydroxylation is 1. The van der Waals surface area contributed by atoms with Crippen LogP contribution in [0.25, 0.3) is 0 Å². The second-order valence-corrected chi connectivity index (χ2v) is 6.45. The molecule has 1 N–H and O–H groups in total. The maximum atomic E-state index is 12.4. The Labute approximate surface area is 168 Å². The van der Waals surface area contributed by atoms with Crippen LogP contribution >= 0.6 is 0 Å². The first-order chi connectivity index (χ1) is 14.2. The van der Waals surface area contributed by atoms with Crippen molar-refractivity contribution in [2.45, 2.75) is 6.42 Å². The van der Waals surface area contributed by atoms with Crippen molar-refractivity contribution in [3.63, 3.8) is 0 Å². The topological polar surface area (TPSA) is 81.9 Å². The lowest BCUT2D eigenvalue weighted by Crippen LogP contribution is -2.12. The van der Waals surface area contributed by atoms with E-state index < -0.39 is 0 Å². The molecule has 7 nitrogen and oxygen atoms in total. The van der Waals surface area contributed by atoms with E-state index in [1.54, 1.807) is 6.20 Å². The largest absolute Gasteiger partial charge is 0.424 e. The number of amides is 1. The molecule has 2 heterocycles. The van der Waals surface area contributed by atoms with Crippen molar-refractivity contribution in [1.82, 2.24) is 19.5 Å². The van der Waals surface area contributed by atoms with E-state index in [2.05, 4.69) is 20.3 Å². The molecule has 0 fully saturated rings. The summed E-state index contributed by atoms with van der Waals surface area (Å²) in [7, 11) is 1.97. The Bertz CT molecular complexity index is 1090. The SMILES string of the molecule is Cn1ccnc1Cc1ccc(NC(=O)c2cnc(Oc3ccccc3)nc2)cc1. The molecule has 0 saturated carbocycles. The highest BCUT2D eigenvalue weighted by Gasteiger charge is 2.09. The lowest BCUT2D eigenvalue weighted by molar-refractivity contribution is 0.102. The molecule has 0 aliphatic heterocycles. The van der Waals surface area contributed by atoms with Gasteiger partial charge in [0.25, 0.3) is 5.91 Å². The van der Waals surface area contributed by atoms with Gasteiger partial charge in [0, 0.05) is 43.9 Å². The number of carbonyl (C=O) groups is 1. The fraction of sp³-hybridized carbons (Fsp3) is 0.0909. The van der Waals surface area contributed by atoms with Gasteiger partial charge in [-0.05, 0) is 29.8 Å². The molecule has 0 radical (unpaired) electrons. The quantitative estimate of drug-likeness (QED) is 0.545. The van der Waals surface area contributed by atoms with Gasteiger partial charge in [-0.3, -0.25) is 4.79 Å². The summed E-state index contributed by atoms with van der Waals surface area (Å²) in [4.78, 5) is 24.9. The molecule has 0 aliphatic carbocycles. The fourth-order valence-corrected chi connectivity index (χ4v) is 2.74. The van der Waals surface area contributed by atoms with Crippen molar-refractivity contribution in [2.24, 2.45) is 7.05 Å². The van der Waals surface area contributed by atoms with Crippen LogP contribution in [0.3, 0.4) is 0 Å². The molecule has 0 bridgehead atoms. The molecule has 0 atom stereocenters. The van der Waals surface area contributed by atoms with Gasteiger partial charge in [-0.1, -0.05) is 30.3 Å². The maximum absolute atomic E-state index is 12.4. The lowest BCUT2D eigenvalue weighted by Gasteiger charge is -2.07. The first-order valence-corrected chi connectivity index (χ1v) is 9.09. The third kappa shape index (κ3) is 4.65. The predicted molar refractivity (Wildman–Crippen MR) is 109 cm³/mol. The van der Waals surface area contributed by atoms with Crippen LogP contribution in [0.2, 0.25) is 0 Å². The van der Waals surface area contributed by atoms with Crippen LogP contribution in [0.4, 0.5) is 5.69 Å². The second-order valence-electron chi connectivity index (χ2n) is 6.45. The minimum Gasteiger partial charge on any atom is -0.424 e. The molecule has 144 valence electrons. The predicted octanol–water partition coefficient (Wildman–Crippen LogP) is 3.85. The number of anilines is 1. The van der Waals surface area contributed by atoms with Crippen LogP contribution in [0, 0.1) is 0 Å². The average molecular weight is 385 g/mol. The first-order valence-electron chi connectivity index (χ1n) is 9.09. The van der Waals surface area contributed by atoms with Gasteiger partial charge in [0.2, 0.25) is 0 Å². The lowest BCUT2D eigenvalue weighted by atomic mass is 10.1. The number of carbonyl (C=O) groups excluding carboxylic acids is 1. The molecule has 7 heteroatoms. The Kier molecular flexibility index (Phi) is 5.29. The fourth-order valence-electron chi connectivity index (χ4n) is 2.74. The standard InChI is InChI=1S/C22H19N5O2/c1-27-12-11-23-20(27)13-16-7-9-18(10-8-16)26-21(28)17-14-24-22(25-15-17)29-19-5-3-2-4-6-19/h2-12,14-15H,13H2,1H3,(H,26,28). The number of nitrogens with zero attached hydrogens (tertiary/aromatic N) is 4. The summed E-state index contributed by atoms with van der Waals surface area (Å²) in [5.74, 6) is 1.33. The monoisotopic (exact) mass is 385 g/mol. The van der Waals surface area contributed by atoms with Crippen LogP contribution in [0.15, 0.2) is 79.4 Å². The first kappa shape index (κ1) is 18.4. The summed E-state index contributed by atoms with van der Waals surface area (Å²) < 4.78 is 7.52. The summed E-state index contributed by atoms with van der Waals surface area (Å²) in [6.45, 7) is 0. The highest BCUT2D eigenvalue weighted by Crippen LogP contribution is 2.17. The number of benzene rings is 2. The van der Waals surface area contributed by atoms with E-state index in [-0.39, 0.29) is 11.9 Å². The minimum absolute atomic E-state index is 0.186. The highest BCUT2D eigenvalue weighted by atomic mass is 16.5.